The molecule has 0 aliphatic carbocycles. The van der Waals surface area contributed by atoms with Crippen LogP contribution >= 0.6 is 0 Å². The first-order valence-electron chi connectivity index (χ1n) is 4.62. The highest BCUT2D eigenvalue weighted by molar-refractivity contribution is 5.57. The standard InChI is InChI=1S/C12H13N2.HI/c1-14-9-5-8-12(10-14)13-11-6-3-2-4-7-11;/h2-10,13H,1H3;1H/q+1;/p-1. The molecule has 0 amide bonds. The van der Waals surface area contributed by atoms with Crippen molar-refractivity contribution in [3.63, 3.8) is 0 Å². The van der Waals surface area contributed by atoms with Crippen molar-refractivity contribution in [2.75, 3.05) is 5.32 Å². The zero-order valence-corrected chi connectivity index (χ0v) is 10.7. The van der Waals surface area contributed by atoms with Crippen LogP contribution in [0.25, 0.3) is 0 Å². The number of para-hydroxylation sites is 1. The largest absolute Gasteiger partial charge is 1.00 e. The van der Waals surface area contributed by atoms with Crippen LogP contribution in [0.2, 0.25) is 0 Å². The third-order valence-corrected chi connectivity index (χ3v) is 2.00. The second-order valence-corrected chi connectivity index (χ2v) is 3.25. The van der Waals surface area contributed by atoms with E-state index in [0.717, 1.165) is 11.4 Å². The van der Waals surface area contributed by atoms with E-state index < -0.39 is 0 Å². The van der Waals surface area contributed by atoms with Gasteiger partial charge in [-0.05, 0) is 18.2 Å². The van der Waals surface area contributed by atoms with E-state index >= 15 is 0 Å². The smallest absolute Gasteiger partial charge is 0.192 e. The molecule has 1 N–H and O–H groups in total. The molecular weight excluding hydrogens is 299 g/mol. The second-order valence-electron chi connectivity index (χ2n) is 3.25. The van der Waals surface area contributed by atoms with Gasteiger partial charge in [-0.2, -0.15) is 0 Å². The zero-order valence-electron chi connectivity index (χ0n) is 8.52. The molecular formula is C12H13IN2. The van der Waals surface area contributed by atoms with Crippen molar-refractivity contribution < 1.29 is 28.5 Å². The lowest BCUT2D eigenvalue weighted by molar-refractivity contribution is -0.670. The van der Waals surface area contributed by atoms with Crippen LogP contribution < -0.4 is 33.9 Å². The lowest BCUT2D eigenvalue weighted by Crippen LogP contribution is -3.00. The summed E-state index contributed by atoms with van der Waals surface area (Å²) in [5.74, 6) is 0. The van der Waals surface area contributed by atoms with Crippen LogP contribution in [0.3, 0.4) is 0 Å². The van der Waals surface area contributed by atoms with Crippen LogP contribution in [0.15, 0.2) is 54.9 Å². The van der Waals surface area contributed by atoms with Crippen molar-refractivity contribution >= 4 is 11.4 Å². The van der Waals surface area contributed by atoms with Gasteiger partial charge in [-0.15, -0.1) is 0 Å². The third-order valence-electron chi connectivity index (χ3n) is 2.00. The van der Waals surface area contributed by atoms with Crippen molar-refractivity contribution in [2.45, 2.75) is 0 Å². The van der Waals surface area contributed by atoms with Gasteiger partial charge in [0.1, 0.15) is 12.7 Å². The molecule has 2 aromatic rings. The number of halogens is 1. The second kappa shape index (κ2) is 5.70. The Bertz CT molecular complexity index is 415. The number of pyridine rings is 1. The Hall–Kier alpha value is -1.10. The molecule has 0 unspecified atom stereocenters. The van der Waals surface area contributed by atoms with Crippen molar-refractivity contribution in [1.29, 1.82) is 0 Å². The number of hydrogen-bond acceptors (Lipinski definition) is 1. The molecule has 15 heavy (non-hydrogen) atoms. The van der Waals surface area contributed by atoms with Gasteiger partial charge in [-0.3, -0.25) is 0 Å². The van der Waals surface area contributed by atoms with Gasteiger partial charge in [0.05, 0.1) is 0 Å². The lowest BCUT2D eigenvalue weighted by Gasteiger charge is -2.03. The predicted octanol–water partition coefficient (Wildman–Crippen LogP) is -0.741. The molecule has 0 spiro atoms. The van der Waals surface area contributed by atoms with E-state index in [1.807, 2.05) is 66.5 Å². The summed E-state index contributed by atoms with van der Waals surface area (Å²) in [6.07, 6.45) is 4.06. The Labute approximate surface area is 107 Å². The van der Waals surface area contributed by atoms with Crippen LogP contribution in [0.4, 0.5) is 11.4 Å². The quantitative estimate of drug-likeness (QED) is 0.571. The summed E-state index contributed by atoms with van der Waals surface area (Å²) < 4.78 is 2.02. The minimum Gasteiger partial charge on any atom is -1.00 e. The van der Waals surface area contributed by atoms with Gasteiger partial charge < -0.3 is 29.3 Å². The average Bonchev–Trinajstić information content (AvgIpc) is 2.19. The number of nitrogens with one attached hydrogen (secondary N) is 1. The van der Waals surface area contributed by atoms with Crippen LogP contribution in [-0.2, 0) is 7.05 Å². The maximum atomic E-state index is 3.32. The van der Waals surface area contributed by atoms with Gasteiger partial charge in [0.15, 0.2) is 12.4 Å². The summed E-state index contributed by atoms with van der Waals surface area (Å²) in [5, 5.41) is 3.32. The number of aromatic nitrogens is 1. The maximum Gasteiger partial charge on any atom is 0.192 e. The summed E-state index contributed by atoms with van der Waals surface area (Å²) in [6.45, 7) is 0. The number of hydrogen-bond donors (Lipinski definition) is 1. The summed E-state index contributed by atoms with van der Waals surface area (Å²) in [7, 11) is 2.01. The Balaban J connectivity index is 0.00000112. The molecule has 2 rings (SSSR count). The summed E-state index contributed by atoms with van der Waals surface area (Å²) in [5.41, 5.74) is 2.21. The van der Waals surface area contributed by atoms with Crippen LogP contribution in [-0.4, -0.2) is 0 Å². The van der Waals surface area contributed by atoms with Crippen molar-refractivity contribution in [2.24, 2.45) is 7.05 Å². The van der Waals surface area contributed by atoms with Gasteiger partial charge in [0, 0.05) is 11.8 Å². The molecule has 0 fully saturated rings. The fourth-order valence-electron chi connectivity index (χ4n) is 1.35. The minimum absolute atomic E-state index is 0. The Morgan fingerprint density at radius 3 is 2.27 bits per heavy atom. The van der Waals surface area contributed by atoms with Crippen LogP contribution in [0, 0.1) is 0 Å². The van der Waals surface area contributed by atoms with Crippen LogP contribution in [0.5, 0.6) is 0 Å². The molecule has 1 aromatic heterocycles. The lowest BCUT2D eigenvalue weighted by atomic mass is 10.3. The summed E-state index contributed by atoms with van der Waals surface area (Å²) in [6, 6.07) is 14.2. The highest BCUT2D eigenvalue weighted by Crippen LogP contribution is 2.12. The van der Waals surface area contributed by atoms with E-state index in [1.54, 1.807) is 0 Å². The topological polar surface area (TPSA) is 15.9 Å². The Morgan fingerprint density at radius 2 is 1.60 bits per heavy atom. The first-order valence-corrected chi connectivity index (χ1v) is 4.62. The number of nitrogens with zero attached hydrogens (tertiary/aromatic N) is 1. The highest BCUT2D eigenvalue weighted by Gasteiger charge is 1.97. The third kappa shape index (κ3) is 3.51. The molecule has 0 bridgehead atoms. The van der Waals surface area contributed by atoms with Crippen LogP contribution in [0.1, 0.15) is 0 Å². The zero-order chi connectivity index (χ0) is 9.80. The summed E-state index contributed by atoms with van der Waals surface area (Å²) >= 11 is 0. The highest BCUT2D eigenvalue weighted by atomic mass is 127. The van der Waals surface area contributed by atoms with Crippen molar-refractivity contribution in [3.05, 3.63) is 54.9 Å². The van der Waals surface area contributed by atoms with Gasteiger partial charge in [-0.25, -0.2) is 4.57 Å². The normalized spacial score (nSPS) is 9.13. The van der Waals surface area contributed by atoms with Gasteiger partial charge in [0.25, 0.3) is 0 Å². The molecule has 0 saturated carbocycles. The van der Waals surface area contributed by atoms with Gasteiger partial charge in [-0.1, -0.05) is 18.2 Å². The first-order chi connectivity index (χ1) is 6.84. The van der Waals surface area contributed by atoms with Gasteiger partial charge >= 0.3 is 0 Å². The van der Waals surface area contributed by atoms with E-state index in [1.165, 1.54) is 0 Å². The fourth-order valence-corrected chi connectivity index (χ4v) is 1.35. The van der Waals surface area contributed by atoms with E-state index in [2.05, 4.69) is 5.32 Å². The molecule has 78 valence electrons. The van der Waals surface area contributed by atoms with E-state index in [4.69, 9.17) is 0 Å². The number of aryl methyl sites for hydroxylation is 1. The number of anilines is 2. The molecule has 3 heteroatoms. The molecule has 2 nitrogen and oxygen atoms in total. The monoisotopic (exact) mass is 312 g/mol. The minimum atomic E-state index is 0. The molecule has 1 heterocycles. The van der Waals surface area contributed by atoms with Gasteiger partial charge in [0.2, 0.25) is 0 Å². The SMILES string of the molecule is C[n+]1cccc(Nc2ccccc2)c1.[I-]. The van der Waals surface area contributed by atoms with E-state index in [0.29, 0.717) is 0 Å². The van der Waals surface area contributed by atoms with Crippen molar-refractivity contribution in [1.82, 2.24) is 0 Å². The average molecular weight is 312 g/mol. The van der Waals surface area contributed by atoms with E-state index in [9.17, 15) is 0 Å². The molecule has 0 radical (unpaired) electrons. The molecule has 0 saturated heterocycles. The van der Waals surface area contributed by atoms with Crippen molar-refractivity contribution in [3.8, 4) is 0 Å². The predicted molar refractivity (Wildman–Crippen MR) is 57.3 cm³/mol. The number of rotatable bonds is 2. The Morgan fingerprint density at radius 1 is 0.933 bits per heavy atom. The Kier molecular flexibility index (Phi) is 4.55. The summed E-state index contributed by atoms with van der Waals surface area (Å²) in [4.78, 5) is 0. The first kappa shape index (κ1) is 12.0. The fraction of sp³-hybridized carbons (Fsp3) is 0.0833. The molecule has 0 aliphatic rings. The maximum absolute atomic E-state index is 3.32. The molecule has 0 aliphatic heterocycles. The number of benzene rings is 1. The molecule has 0 atom stereocenters. The van der Waals surface area contributed by atoms with E-state index in [-0.39, 0.29) is 24.0 Å². The molecule has 1 aromatic carbocycles.